The number of rotatable bonds is 3. The van der Waals surface area contributed by atoms with Gasteiger partial charge in [0.05, 0.1) is 6.04 Å². The molecule has 1 rings (SSSR count). The number of hydrogen-bond donors (Lipinski definition) is 2. The lowest BCUT2D eigenvalue weighted by Crippen LogP contribution is -2.46. The highest BCUT2D eigenvalue weighted by atomic mass is 19.4. The van der Waals surface area contributed by atoms with Crippen LogP contribution in [0.2, 0.25) is 0 Å². The Kier molecular flexibility index (Phi) is 3.96. The molecule has 1 amide bonds. The Labute approximate surface area is 86.2 Å². The van der Waals surface area contributed by atoms with E-state index in [0.717, 1.165) is 0 Å². The number of nitrogens with two attached hydrogens (primary N) is 1. The van der Waals surface area contributed by atoms with Crippen LogP contribution >= 0.6 is 0 Å². The van der Waals surface area contributed by atoms with E-state index >= 15 is 0 Å². The van der Waals surface area contributed by atoms with E-state index in [1.165, 1.54) is 0 Å². The fourth-order valence-corrected chi connectivity index (χ4v) is 1.84. The third-order valence-electron chi connectivity index (χ3n) is 2.69. The van der Waals surface area contributed by atoms with E-state index in [2.05, 4.69) is 5.32 Å². The summed E-state index contributed by atoms with van der Waals surface area (Å²) < 4.78 is 35.9. The quantitative estimate of drug-likeness (QED) is 0.756. The van der Waals surface area contributed by atoms with Crippen molar-refractivity contribution in [2.24, 2.45) is 11.7 Å². The van der Waals surface area contributed by atoms with Crippen molar-refractivity contribution >= 4 is 5.91 Å². The monoisotopic (exact) mass is 224 g/mol. The van der Waals surface area contributed by atoms with Gasteiger partial charge in [-0.2, -0.15) is 13.2 Å². The third kappa shape index (κ3) is 4.51. The molecule has 0 radical (unpaired) electrons. The molecular weight excluding hydrogens is 209 g/mol. The fraction of sp³-hybridized carbons (Fsp3) is 0.889. The molecule has 0 bridgehead atoms. The van der Waals surface area contributed by atoms with Crippen LogP contribution < -0.4 is 11.1 Å². The van der Waals surface area contributed by atoms with E-state index in [0.29, 0.717) is 19.4 Å². The molecule has 2 unspecified atom stereocenters. The normalized spacial score (nSPS) is 27.7. The van der Waals surface area contributed by atoms with Crippen LogP contribution in [-0.4, -0.2) is 24.7 Å². The van der Waals surface area contributed by atoms with Crippen LogP contribution in [0.15, 0.2) is 0 Å². The number of primary amides is 1. The lowest BCUT2D eigenvalue weighted by atomic mass is 9.88. The first-order valence-corrected chi connectivity index (χ1v) is 4.98. The summed E-state index contributed by atoms with van der Waals surface area (Å²) in [5, 5.41) is 2.89. The fourth-order valence-electron chi connectivity index (χ4n) is 1.84. The first-order valence-electron chi connectivity index (χ1n) is 4.98. The van der Waals surface area contributed by atoms with Crippen LogP contribution in [-0.2, 0) is 4.79 Å². The van der Waals surface area contributed by atoms with Gasteiger partial charge >= 0.3 is 6.18 Å². The SMILES string of the molecule is NC(=O)C1CC(CCC(F)(F)F)CCN1. The van der Waals surface area contributed by atoms with Crippen molar-refractivity contribution < 1.29 is 18.0 Å². The molecule has 0 saturated carbocycles. The Balaban J connectivity index is 2.34. The van der Waals surface area contributed by atoms with Crippen molar-refractivity contribution in [1.82, 2.24) is 5.32 Å². The van der Waals surface area contributed by atoms with E-state index in [1.807, 2.05) is 0 Å². The maximum atomic E-state index is 12.0. The van der Waals surface area contributed by atoms with E-state index in [-0.39, 0.29) is 12.3 Å². The third-order valence-corrected chi connectivity index (χ3v) is 2.69. The number of alkyl halides is 3. The summed E-state index contributed by atoms with van der Waals surface area (Å²) in [6.45, 7) is 0.566. The highest BCUT2D eigenvalue weighted by Crippen LogP contribution is 2.28. The summed E-state index contributed by atoms with van der Waals surface area (Å²) in [5.74, 6) is -0.530. The first-order chi connectivity index (χ1) is 6.88. The zero-order valence-electron chi connectivity index (χ0n) is 8.31. The molecule has 1 fully saturated rings. The van der Waals surface area contributed by atoms with Crippen LogP contribution in [0.4, 0.5) is 13.2 Å². The van der Waals surface area contributed by atoms with Crippen LogP contribution in [0.25, 0.3) is 0 Å². The molecule has 15 heavy (non-hydrogen) atoms. The molecule has 6 heteroatoms. The Morgan fingerprint density at radius 2 is 2.13 bits per heavy atom. The van der Waals surface area contributed by atoms with Gasteiger partial charge in [-0.1, -0.05) is 0 Å². The van der Waals surface area contributed by atoms with Crippen molar-refractivity contribution in [3.8, 4) is 0 Å². The molecule has 0 aromatic heterocycles. The second-order valence-electron chi connectivity index (χ2n) is 3.95. The number of carbonyl (C=O) groups excluding carboxylic acids is 1. The number of carbonyl (C=O) groups is 1. The van der Waals surface area contributed by atoms with Crippen LogP contribution in [0.5, 0.6) is 0 Å². The Morgan fingerprint density at radius 1 is 1.47 bits per heavy atom. The van der Waals surface area contributed by atoms with E-state index in [1.54, 1.807) is 0 Å². The van der Waals surface area contributed by atoms with Gasteiger partial charge in [-0.3, -0.25) is 4.79 Å². The van der Waals surface area contributed by atoms with E-state index in [9.17, 15) is 18.0 Å². The van der Waals surface area contributed by atoms with E-state index in [4.69, 9.17) is 5.73 Å². The average molecular weight is 224 g/mol. The van der Waals surface area contributed by atoms with Crippen molar-refractivity contribution in [3.63, 3.8) is 0 Å². The molecule has 3 nitrogen and oxygen atoms in total. The molecule has 1 heterocycles. The largest absolute Gasteiger partial charge is 0.389 e. The minimum absolute atomic E-state index is 0.0506. The lowest BCUT2D eigenvalue weighted by molar-refractivity contribution is -0.138. The van der Waals surface area contributed by atoms with Crippen molar-refractivity contribution in [2.45, 2.75) is 37.9 Å². The first kappa shape index (κ1) is 12.3. The Bertz CT molecular complexity index is 230. The Morgan fingerprint density at radius 3 is 2.67 bits per heavy atom. The van der Waals surface area contributed by atoms with Gasteiger partial charge in [0.15, 0.2) is 0 Å². The summed E-state index contributed by atoms with van der Waals surface area (Å²) in [4.78, 5) is 10.8. The minimum Gasteiger partial charge on any atom is -0.368 e. The van der Waals surface area contributed by atoms with Crippen molar-refractivity contribution in [1.29, 1.82) is 0 Å². The molecule has 2 atom stereocenters. The summed E-state index contributed by atoms with van der Waals surface area (Å²) in [5.41, 5.74) is 5.09. The van der Waals surface area contributed by atoms with Crippen molar-refractivity contribution in [3.05, 3.63) is 0 Å². The number of hydrogen-bond acceptors (Lipinski definition) is 2. The molecule has 0 spiro atoms. The molecule has 1 aliphatic rings. The predicted molar refractivity (Wildman–Crippen MR) is 49.0 cm³/mol. The molecule has 3 N–H and O–H groups in total. The lowest BCUT2D eigenvalue weighted by Gasteiger charge is -2.28. The molecule has 0 aromatic rings. The van der Waals surface area contributed by atoms with Crippen molar-refractivity contribution in [2.75, 3.05) is 6.54 Å². The highest BCUT2D eigenvalue weighted by Gasteiger charge is 2.31. The molecule has 88 valence electrons. The number of halogens is 3. The van der Waals surface area contributed by atoms with Crippen LogP contribution in [0, 0.1) is 5.92 Å². The Hall–Kier alpha value is -0.780. The van der Waals surface area contributed by atoms with E-state index < -0.39 is 24.5 Å². The predicted octanol–water partition coefficient (Wildman–Crippen LogP) is 1.18. The number of nitrogens with one attached hydrogen (secondary N) is 1. The van der Waals surface area contributed by atoms with Gasteiger partial charge in [-0.15, -0.1) is 0 Å². The zero-order chi connectivity index (χ0) is 11.5. The summed E-state index contributed by atoms with van der Waals surface area (Å²) in [6.07, 6.45) is -3.68. The summed E-state index contributed by atoms with van der Waals surface area (Å²) in [6, 6.07) is -0.461. The van der Waals surface area contributed by atoms with Crippen LogP contribution in [0.3, 0.4) is 0 Å². The standard InChI is InChI=1S/C9H15F3N2O/c10-9(11,12)3-1-6-2-4-14-7(5-6)8(13)15/h6-7,14H,1-5H2,(H2,13,15). The average Bonchev–Trinajstić information content (AvgIpc) is 2.14. The van der Waals surface area contributed by atoms with Gasteiger partial charge in [0.2, 0.25) is 5.91 Å². The van der Waals surface area contributed by atoms with Gasteiger partial charge in [0.1, 0.15) is 0 Å². The van der Waals surface area contributed by atoms with Crippen LogP contribution in [0.1, 0.15) is 25.7 Å². The molecule has 1 aliphatic heterocycles. The van der Waals surface area contributed by atoms with Gasteiger partial charge < -0.3 is 11.1 Å². The second-order valence-corrected chi connectivity index (χ2v) is 3.95. The maximum absolute atomic E-state index is 12.0. The molecule has 0 aromatic carbocycles. The maximum Gasteiger partial charge on any atom is 0.389 e. The zero-order valence-corrected chi connectivity index (χ0v) is 8.31. The molecular formula is C9H15F3N2O. The minimum atomic E-state index is -4.10. The van der Waals surface area contributed by atoms with Gasteiger partial charge in [-0.25, -0.2) is 0 Å². The second kappa shape index (κ2) is 4.83. The van der Waals surface area contributed by atoms with Gasteiger partial charge in [-0.05, 0) is 31.7 Å². The highest BCUT2D eigenvalue weighted by molar-refractivity contribution is 5.79. The molecule has 0 aliphatic carbocycles. The number of piperidine rings is 1. The summed E-state index contributed by atoms with van der Waals surface area (Å²) in [7, 11) is 0. The molecule has 1 saturated heterocycles. The summed E-state index contributed by atoms with van der Waals surface area (Å²) >= 11 is 0. The smallest absolute Gasteiger partial charge is 0.368 e. The number of amides is 1. The topological polar surface area (TPSA) is 55.1 Å². The van der Waals surface area contributed by atoms with Gasteiger partial charge in [0.25, 0.3) is 0 Å². The van der Waals surface area contributed by atoms with Gasteiger partial charge in [0, 0.05) is 6.42 Å².